The zero-order valence-electron chi connectivity index (χ0n) is 15.0. The van der Waals surface area contributed by atoms with Crippen molar-refractivity contribution in [1.82, 2.24) is 0 Å². The lowest BCUT2D eigenvalue weighted by atomic mass is 9.76. The van der Waals surface area contributed by atoms with Crippen LogP contribution >= 0.6 is 0 Å². The van der Waals surface area contributed by atoms with Gasteiger partial charge in [-0.05, 0) is 43.0 Å². The zero-order chi connectivity index (χ0) is 18.0. The third-order valence-electron chi connectivity index (χ3n) is 4.96. The van der Waals surface area contributed by atoms with Crippen LogP contribution in [0, 0.1) is 20.8 Å². The Morgan fingerprint density at radius 2 is 1.16 bits per heavy atom. The normalized spacial score (nSPS) is 12.8. The molecule has 2 nitrogen and oxygen atoms in total. The van der Waals surface area contributed by atoms with Gasteiger partial charge in [0.05, 0.1) is 6.04 Å². The zero-order valence-corrected chi connectivity index (χ0v) is 15.0. The highest BCUT2D eigenvalue weighted by atomic mass is 16.3. The van der Waals surface area contributed by atoms with Crippen LogP contribution in [0.1, 0.15) is 39.4 Å². The smallest absolute Gasteiger partial charge is 0.134 e. The first-order chi connectivity index (χ1) is 11.9. The summed E-state index contributed by atoms with van der Waals surface area (Å²) in [4.78, 5) is 0. The third-order valence-corrected chi connectivity index (χ3v) is 4.96. The van der Waals surface area contributed by atoms with Gasteiger partial charge in [-0.1, -0.05) is 83.9 Å². The highest BCUT2D eigenvalue weighted by Crippen LogP contribution is 2.40. The van der Waals surface area contributed by atoms with E-state index in [9.17, 15) is 5.11 Å². The molecule has 0 aliphatic heterocycles. The lowest BCUT2D eigenvalue weighted by molar-refractivity contribution is 0.0510. The average Bonchev–Trinajstić information content (AvgIpc) is 2.62. The number of nitrogens with two attached hydrogens (primary N) is 1. The largest absolute Gasteiger partial charge is 0.378 e. The molecule has 0 unspecified atom stereocenters. The Balaban J connectivity index is 2.19. The quantitative estimate of drug-likeness (QED) is 0.737. The summed E-state index contributed by atoms with van der Waals surface area (Å²) in [6.07, 6.45) is 0. The van der Waals surface area contributed by atoms with Crippen molar-refractivity contribution in [3.63, 3.8) is 0 Å². The molecule has 3 N–H and O–H groups in total. The summed E-state index contributed by atoms with van der Waals surface area (Å²) in [5.74, 6) is 0. The monoisotopic (exact) mass is 331 g/mol. The standard InChI is InChI=1S/C23H25NO/c1-16-8-12-19(13-9-16)23(25,20-14-10-17(2)11-15-20)22(24)21-7-5-4-6-18(21)3/h4-15,22,25H,24H2,1-3H3/t22-/m1/s1. The maximum Gasteiger partial charge on any atom is 0.134 e. The number of aryl methyl sites for hydroxylation is 3. The molecular weight excluding hydrogens is 306 g/mol. The Hall–Kier alpha value is -2.42. The summed E-state index contributed by atoms with van der Waals surface area (Å²) in [6.45, 7) is 6.10. The second kappa shape index (κ2) is 6.83. The lowest BCUT2D eigenvalue weighted by Gasteiger charge is -2.36. The minimum atomic E-state index is -1.30. The van der Waals surface area contributed by atoms with E-state index in [1.165, 1.54) is 0 Å². The van der Waals surface area contributed by atoms with Crippen LogP contribution in [0.25, 0.3) is 0 Å². The molecule has 3 aromatic rings. The molecule has 0 bridgehead atoms. The fraction of sp³-hybridized carbons (Fsp3) is 0.217. The molecule has 0 saturated carbocycles. The van der Waals surface area contributed by atoms with Crippen LogP contribution < -0.4 is 5.73 Å². The Morgan fingerprint density at radius 3 is 1.60 bits per heavy atom. The minimum Gasteiger partial charge on any atom is -0.378 e. The first kappa shape index (κ1) is 17.4. The van der Waals surface area contributed by atoms with Crippen molar-refractivity contribution in [1.29, 1.82) is 0 Å². The Kier molecular flexibility index (Phi) is 4.76. The van der Waals surface area contributed by atoms with Crippen LogP contribution in [-0.4, -0.2) is 5.11 Å². The molecule has 0 aliphatic rings. The van der Waals surface area contributed by atoms with Gasteiger partial charge in [0.15, 0.2) is 0 Å². The fourth-order valence-electron chi connectivity index (χ4n) is 3.30. The number of aliphatic hydroxyl groups is 1. The van der Waals surface area contributed by atoms with Gasteiger partial charge in [0.25, 0.3) is 0 Å². The molecular formula is C23H25NO. The van der Waals surface area contributed by atoms with Gasteiger partial charge in [0.1, 0.15) is 5.60 Å². The third kappa shape index (κ3) is 3.23. The summed E-state index contributed by atoms with van der Waals surface area (Å²) in [5, 5.41) is 11.9. The van der Waals surface area contributed by atoms with E-state index >= 15 is 0 Å². The van der Waals surface area contributed by atoms with Gasteiger partial charge in [-0.15, -0.1) is 0 Å². The van der Waals surface area contributed by atoms with Crippen LogP contribution in [0.2, 0.25) is 0 Å². The molecule has 1 atom stereocenters. The first-order valence-corrected chi connectivity index (χ1v) is 8.60. The molecule has 0 aliphatic carbocycles. The van der Waals surface area contributed by atoms with Crippen molar-refractivity contribution in [2.75, 3.05) is 0 Å². The molecule has 25 heavy (non-hydrogen) atoms. The van der Waals surface area contributed by atoms with E-state index in [1.807, 2.05) is 93.6 Å². The van der Waals surface area contributed by atoms with Crippen LogP contribution in [0.5, 0.6) is 0 Å². The summed E-state index contributed by atoms with van der Waals surface area (Å²) >= 11 is 0. The molecule has 3 aromatic carbocycles. The summed E-state index contributed by atoms with van der Waals surface area (Å²) in [7, 11) is 0. The molecule has 0 aromatic heterocycles. The Bertz CT molecular complexity index is 805. The highest BCUT2D eigenvalue weighted by Gasteiger charge is 2.39. The molecule has 0 spiro atoms. The number of hydrogen-bond acceptors (Lipinski definition) is 2. The van der Waals surface area contributed by atoms with Crippen molar-refractivity contribution >= 4 is 0 Å². The van der Waals surface area contributed by atoms with Gasteiger partial charge in [0.2, 0.25) is 0 Å². The maximum absolute atomic E-state index is 11.9. The van der Waals surface area contributed by atoms with Crippen LogP contribution in [-0.2, 0) is 5.60 Å². The Labute approximate surface area is 150 Å². The Morgan fingerprint density at radius 1 is 0.720 bits per heavy atom. The molecule has 0 saturated heterocycles. The predicted octanol–water partition coefficient (Wildman–Crippen LogP) is 4.55. The molecule has 0 fully saturated rings. The van der Waals surface area contributed by atoms with Crippen molar-refractivity contribution in [2.45, 2.75) is 32.4 Å². The second-order valence-electron chi connectivity index (χ2n) is 6.83. The molecule has 2 heteroatoms. The summed E-state index contributed by atoms with van der Waals surface area (Å²) < 4.78 is 0. The second-order valence-corrected chi connectivity index (χ2v) is 6.83. The van der Waals surface area contributed by atoms with E-state index in [0.717, 1.165) is 33.4 Å². The molecule has 128 valence electrons. The fourth-order valence-corrected chi connectivity index (χ4v) is 3.30. The van der Waals surface area contributed by atoms with E-state index in [-0.39, 0.29) is 0 Å². The molecule has 0 heterocycles. The van der Waals surface area contributed by atoms with Crippen molar-refractivity contribution in [3.8, 4) is 0 Å². The van der Waals surface area contributed by atoms with Crippen LogP contribution in [0.4, 0.5) is 0 Å². The van der Waals surface area contributed by atoms with Crippen LogP contribution in [0.15, 0.2) is 72.8 Å². The number of rotatable bonds is 4. The molecule has 0 amide bonds. The van der Waals surface area contributed by atoms with Gasteiger partial charge in [-0.3, -0.25) is 0 Å². The number of hydrogen-bond donors (Lipinski definition) is 2. The first-order valence-electron chi connectivity index (χ1n) is 8.60. The van der Waals surface area contributed by atoms with Crippen molar-refractivity contribution in [3.05, 3.63) is 106 Å². The SMILES string of the molecule is Cc1ccc(C(O)(c2ccc(C)cc2)[C@H](N)c2ccccc2C)cc1. The minimum absolute atomic E-state index is 0.570. The summed E-state index contributed by atoms with van der Waals surface area (Å²) in [5.41, 5.74) is 11.3. The molecule has 0 radical (unpaired) electrons. The van der Waals surface area contributed by atoms with Gasteiger partial charge in [-0.25, -0.2) is 0 Å². The van der Waals surface area contributed by atoms with E-state index < -0.39 is 11.6 Å². The van der Waals surface area contributed by atoms with Gasteiger partial charge in [-0.2, -0.15) is 0 Å². The highest BCUT2D eigenvalue weighted by molar-refractivity contribution is 5.44. The van der Waals surface area contributed by atoms with Crippen LogP contribution in [0.3, 0.4) is 0 Å². The lowest BCUT2D eigenvalue weighted by Crippen LogP contribution is -2.40. The maximum atomic E-state index is 11.9. The van der Waals surface area contributed by atoms with E-state index in [0.29, 0.717) is 0 Å². The van der Waals surface area contributed by atoms with Gasteiger partial charge < -0.3 is 10.8 Å². The van der Waals surface area contributed by atoms with E-state index in [4.69, 9.17) is 5.73 Å². The van der Waals surface area contributed by atoms with Gasteiger partial charge >= 0.3 is 0 Å². The van der Waals surface area contributed by atoms with Gasteiger partial charge in [0, 0.05) is 0 Å². The van der Waals surface area contributed by atoms with E-state index in [2.05, 4.69) is 0 Å². The topological polar surface area (TPSA) is 46.2 Å². The summed E-state index contributed by atoms with van der Waals surface area (Å²) in [6, 6.07) is 23.3. The van der Waals surface area contributed by atoms with E-state index in [1.54, 1.807) is 0 Å². The van der Waals surface area contributed by atoms with Crippen molar-refractivity contribution in [2.24, 2.45) is 5.73 Å². The van der Waals surface area contributed by atoms with Crippen molar-refractivity contribution < 1.29 is 5.11 Å². The predicted molar refractivity (Wildman–Crippen MR) is 103 cm³/mol. The average molecular weight is 331 g/mol. The number of benzene rings is 3. The molecule has 3 rings (SSSR count).